The maximum atomic E-state index is 4.79. The van der Waals surface area contributed by atoms with Crippen LogP contribution in [0.15, 0.2) is 42.7 Å². The van der Waals surface area contributed by atoms with Crippen LogP contribution in [-0.2, 0) is 0 Å². The van der Waals surface area contributed by atoms with Gasteiger partial charge in [0.15, 0.2) is 0 Å². The van der Waals surface area contributed by atoms with Gasteiger partial charge < -0.3 is 19.7 Å². The van der Waals surface area contributed by atoms with Crippen LogP contribution in [-0.4, -0.2) is 52.7 Å². The van der Waals surface area contributed by atoms with E-state index in [0.29, 0.717) is 12.0 Å². The van der Waals surface area contributed by atoms with Crippen molar-refractivity contribution in [2.75, 3.05) is 43.4 Å². The first-order valence-electron chi connectivity index (χ1n) is 10.3. The van der Waals surface area contributed by atoms with Gasteiger partial charge in [-0.3, -0.25) is 0 Å². The molecule has 0 amide bonds. The van der Waals surface area contributed by atoms with Crippen LogP contribution in [0.1, 0.15) is 32.7 Å². The molecule has 148 valence electrons. The molecule has 0 saturated carbocycles. The molecule has 1 aliphatic heterocycles. The molecule has 3 heterocycles. The predicted octanol–water partition coefficient (Wildman–Crippen LogP) is 4.29. The first-order chi connectivity index (χ1) is 13.7. The Morgan fingerprint density at radius 3 is 2.39 bits per heavy atom. The second kappa shape index (κ2) is 8.19. The molecule has 0 radical (unpaired) electrons. The quantitative estimate of drug-likeness (QED) is 0.693. The third-order valence-electron chi connectivity index (χ3n) is 5.78. The van der Waals surface area contributed by atoms with Crippen molar-refractivity contribution in [3.8, 4) is 0 Å². The number of rotatable bonds is 6. The highest BCUT2D eigenvalue weighted by Crippen LogP contribution is 2.25. The summed E-state index contributed by atoms with van der Waals surface area (Å²) in [6, 6.07) is 11.2. The number of piperazine rings is 1. The van der Waals surface area contributed by atoms with E-state index in [0.717, 1.165) is 55.7 Å². The Bertz CT molecular complexity index is 904. The van der Waals surface area contributed by atoms with E-state index < -0.39 is 0 Å². The summed E-state index contributed by atoms with van der Waals surface area (Å²) in [7, 11) is 2.18. The summed E-state index contributed by atoms with van der Waals surface area (Å²) in [5, 5.41) is 4.45. The van der Waals surface area contributed by atoms with E-state index >= 15 is 0 Å². The van der Waals surface area contributed by atoms with Gasteiger partial charge in [-0.2, -0.15) is 4.98 Å². The first kappa shape index (κ1) is 18.7. The highest BCUT2D eigenvalue weighted by molar-refractivity contribution is 5.77. The van der Waals surface area contributed by atoms with Crippen LogP contribution in [0.4, 0.5) is 17.3 Å². The molecule has 6 nitrogen and oxygen atoms in total. The molecule has 1 N–H and O–H groups in total. The largest absolute Gasteiger partial charge is 0.369 e. The molecule has 3 aromatic rings. The molecule has 0 bridgehead atoms. The minimum absolute atomic E-state index is 0.475. The van der Waals surface area contributed by atoms with Crippen molar-refractivity contribution in [1.29, 1.82) is 0 Å². The Morgan fingerprint density at radius 1 is 1.00 bits per heavy atom. The average molecular weight is 379 g/mol. The van der Waals surface area contributed by atoms with Gasteiger partial charge in [0.25, 0.3) is 0 Å². The van der Waals surface area contributed by atoms with Gasteiger partial charge in [-0.25, -0.2) is 4.98 Å². The van der Waals surface area contributed by atoms with Crippen molar-refractivity contribution in [2.24, 2.45) is 0 Å². The van der Waals surface area contributed by atoms with Crippen LogP contribution in [0.25, 0.3) is 11.0 Å². The summed E-state index contributed by atoms with van der Waals surface area (Å²) in [6.45, 7) is 8.84. The first-order valence-corrected chi connectivity index (χ1v) is 10.3. The van der Waals surface area contributed by atoms with Crippen molar-refractivity contribution in [2.45, 2.75) is 32.7 Å². The lowest BCUT2D eigenvalue weighted by Crippen LogP contribution is -2.44. The lowest BCUT2D eigenvalue weighted by atomic mass is 10.2. The molecule has 0 unspecified atom stereocenters. The van der Waals surface area contributed by atoms with Gasteiger partial charge in [0.05, 0.1) is 0 Å². The van der Waals surface area contributed by atoms with Crippen molar-refractivity contribution in [3.05, 3.63) is 42.7 Å². The molecule has 4 rings (SSSR count). The average Bonchev–Trinajstić information content (AvgIpc) is 3.14. The van der Waals surface area contributed by atoms with Gasteiger partial charge >= 0.3 is 0 Å². The molecule has 0 aliphatic carbocycles. The van der Waals surface area contributed by atoms with E-state index in [1.165, 1.54) is 5.69 Å². The van der Waals surface area contributed by atoms with Gasteiger partial charge in [-0.1, -0.05) is 13.8 Å². The SMILES string of the molecule is CCC(CC)n1ccc2cnc(Nc3ccc(N4CCN(C)CC4)cc3)nc21. The number of nitrogens with one attached hydrogen (secondary N) is 1. The molecule has 0 atom stereocenters. The van der Waals surface area contributed by atoms with E-state index in [-0.39, 0.29) is 0 Å². The Balaban J connectivity index is 1.50. The van der Waals surface area contributed by atoms with Crippen LogP contribution in [0, 0.1) is 0 Å². The number of nitrogens with zero attached hydrogens (tertiary/aromatic N) is 5. The molecule has 6 heteroatoms. The molecular formula is C22H30N6. The zero-order valence-corrected chi connectivity index (χ0v) is 17.1. The van der Waals surface area contributed by atoms with Gasteiger partial charge in [0.1, 0.15) is 5.65 Å². The van der Waals surface area contributed by atoms with Crippen LogP contribution < -0.4 is 10.2 Å². The fourth-order valence-electron chi connectivity index (χ4n) is 3.92. The lowest BCUT2D eigenvalue weighted by molar-refractivity contribution is 0.313. The molecule has 1 aliphatic rings. The molecular weight excluding hydrogens is 348 g/mol. The summed E-state index contributed by atoms with van der Waals surface area (Å²) in [6.07, 6.45) is 6.23. The van der Waals surface area contributed by atoms with Crippen molar-refractivity contribution < 1.29 is 0 Å². The number of hydrogen-bond acceptors (Lipinski definition) is 5. The second-order valence-corrected chi connectivity index (χ2v) is 7.63. The maximum Gasteiger partial charge on any atom is 0.229 e. The number of fused-ring (bicyclic) bond motifs is 1. The Morgan fingerprint density at radius 2 is 1.71 bits per heavy atom. The molecule has 1 aromatic carbocycles. The summed E-state index contributed by atoms with van der Waals surface area (Å²) < 4.78 is 2.28. The minimum atomic E-state index is 0.475. The summed E-state index contributed by atoms with van der Waals surface area (Å²) in [5.74, 6) is 0.644. The van der Waals surface area contributed by atoms with E-state index in [2.05, 4.69) is 82.1 Å². The summed E-state index contributed by atoms with van der Waals surface area (Å²) >= 11 is 0. The topological polar surface area (TPSA) is 49.2 Å². The van der Waals surface area contributed by atoms with E-state index in [1.807, 2.05) is 6.20 Å². The normalized spacial score (nSPS) is 15.5. The van der Waals surface area contributed by atoms with Gasteiger partial charge in [-0.15, -0.1) is 0 Å². The van der Waals surface area contributed by atoms with Gasteiger partial charge in [-0.05, 0) is 50.2 Å². The highest BCUT2D eigenvalue weighted by atomic mass is 15.2. The van der Waals surface area contributed by atoms with Crippen molar-refractivity contribution >= 4 is 28.4 Å². The molecule has 1 fully saturated rings. The molecule has 0 spiro atoms. The third kappa shape index (κ3) is 3.83. The van der Waals surface area contributed by atoms with Crippen LogP contribution in [0.3, 0.4) is 0 Å². The standard InChI is InChI=1S/C22H30N6/c1-4-19(5-2)28-11-10-17-16-23-22(25-21(17)28)24-18-6-8-20(9-7-18)27-14-12-26(3)13-15-27/h6-11,16,19H,4-5,12-15H2,1-3H3,(H,23,24,25). The lowest BCUT2D eigenvalue weighted by Gasteiger charge is -2.34. The fraction of sp³-hybridized carbons (Fsp3) is 0.455. The van der Waals surface area contributed by atoms with Gasteiger partial charge in [0.2, 0.25) is 5.95 Å². The second-order valence-electron chi connectivity index (χ2n) is 7.63. The fourth-order valence-corrected chi connectivity index (χ4v) is 3.92. The van der Waals surface area contributed by atoms with Crippen LogP contribution in [0.2, 0.25) is 0 Å². The number of anilines is 3. The summed E-state index contributed by atoms with van der Waals surface area (Å²) in [5.41, 5.74) is 3.29. The maximum absolute atomic E-state index is 4.79. The number of likely N-dealkylation sites (N-methyl/N-ethyl adjacent to an activating group) is 1. The highest BCUT2D eigenvalue weighted by Gasteiger charge is 2.14. The van der Waals surface area contributed by atoms with Crippen LogP contribution >= 0.6 is 0 Å². The molecule has 1 saturated heterocycles. The Hall–Kier alpha value is -2.60. The van der Waals surface area contributed by atoms with Gasteiger partial charge in [0, 0.05) is 61.4 Å². The minimum Gasteiger partial charge on any atom is -0.369 e. The number of aromatic nitrogens is 3. The van der Waals surface area contributed by atoms with E-state index in [9.17, 15) is 0 Å². The van der Waals surface area contributed by atoms with Crippen molar-refractivity contribution in [1.82, 2.24) is 19.4 Å². The smallest absolute Gasteiger partial charge is 0.229 e. The Kier molecular flexibility index (Phi) is 5.48. The zero-order valence-electron chi connectivity index (χ0n) is 17.1. The van der Waals surface area contributed by atoms with Crippen molar-refractivity contribution in [3.63, 3.8) is 0 Å². The monoisotopic (exact) mass is 378 g/mol. The zero-order chi connectivity index (χ0) is 19.5. The molecule has 28 heavy (non-hydrogen) atoms. The predicted molar refractivity (Wildman–Crippen MR) is 117 cm³/mol. The Labute approximate surface area is 167 Å². The number of hydrogen-bond donors (Lipinski definition) is 1. The third-order valence-corrected chi connectivity index (χ3v) is 5.78. The number of benzene rings is 1. The van der Waals surface area contributed by atoms with E-state index in [4.69, 9.17) is 4.98 Å². The van der Waals surface area contributed by atoms with E-state index in [1.54, 1.807) is 0 Å². The van der Waals surface area contributed by atoms with Crippen LogP contribution in [0.5, 0.6) is 0 Å². The summed E-state index contributed by atoms with van der Waals surface area (Å²) in [4.78, 5) is 14.1. The molecule has 2 aromatic heterocycles.